The van der Waals surface area contributed by atoms with Crippen LogP contribution in [0.4, 0.5) is 11.4 Å². The molecule has 1 aliphatic rings. The maximum absolute atomic E-state index is 11.3. The highest BCUT2D eigenvalue weighted by atomic mass is 16.5. The minimum Gasteiger partial charge on any atom is -0.486 e. The Labute approximate surface area is 113 Å². The summed E-state index contributed by atoms with van der Waals surface area (Å²) in [5, 5.41) is 9.25. The van der Waals surface area contributed by atoms with E-state index < -0.39 is 12.0 Å². The fourth-order valence-corrected chi connectivity index (χ4v) is 2.26. The first kappa shape index (κ1) is 13.5. The zero-order valence-electron chi connectivity index (χ0n) is 11.5. The maximum Gasteiger partial charge on any atom is 0.326 e. The van der Waals surface area contributed by atoms with Crippen LogP contribution < -0.4 is 15.4 Å². The Morgan fingerprint density at radius 1 is 1.47 bits per heavy atom. The van der Waals surface area contributed by atoms with E-state index in [2.05, 4.69) is 13.8 Å². The van der Waals surface area contributed by atoms with Crippen LogP contribution >= 0.6 is 0 Å². The van der Waals surface area contributed by atoms with Gasteiger partial charge in [0.05, 0.1) is 12.2 Å². The number of ether oxygens (including phenoxy) is 1. The first-order valence-electron chi connectivity index (χ1n) is 6.46. The van der Waals surface area contributed by atoms with E-state index in [1.165, 1.54) is 0 Å². The average Bonchev–Trinajstić information content (AvgIpc) is 2.36. The monoisotopic (exact) mass is 264 g/mol. The van der Waals surface area contributed by atoms with E-state index in [4.69, 9.17) is 10.5 Å². The minimum atomic E-state index is -0.862. The van der Waals surface area contributed by atoms with Crippen LogP contribution in [0.25, 0.3) is 0 Å². The van der Waals surface area contributed by atoms with Gasteiger partial charge in [-0.1, -0.05) is 19.9 Å². The quantitative estimate of drug-likeness (QED) is 0.816. The summed E-state index contributed by atoms with van der Waals surface area (Å²) in [5.41, 5.74) is 7.21. The van der Waals surface area contributed by atoms with Gasteiger partial charge in [-0.3, -0.25) is 0 Å². The molecule has 5 heteroatoms. The molecule has 1 heterocycles. The molecule has 104 valence electrons. The zero-order chi connectivity index (χ0) is 14.2. The lowest BCUT2D eigenvalue weighted by molar-refractivity contribution is -0.138. The smallest absolute Gasteiger partial charge is 0.326 e. The molecule has 2 rings (SSSR count). The summed E-state index contributed by atoms with van der Waals surface area (Å²) >= 11 is 0. The number of para-hydroxylation sites is 1. The van der Waals surface area contributed by atoms with Crippen molar-refractivity contribution in [2.45, 2.75) is 32.9 Å². The summed E-state index contributed by atoms with van der Waals surface area (Å²) in [6.07, 6.45) is -0.0314. The van der Waals surface area contributed by atoms with Gasteiger partial charge in [0.1, 0.15) is 23.6 Å². The number of hydrogen-bond acceptors (Lipinski definition) is 4. The predicted octanol–water partition coefficient (Wildman–Crippen LogP) is 1.97. The Balaban J connectivity index is 2.45. The van der Waals surface area contributed by atoms with Crippen molar-refractivity contribution in [1.29, 1.82) is 0 Å². The summed E-state index contributed by atoms with van der Waals surface area (Å²) in [4.78, 5) is 13.1. The van der Waals surface area contributed by atoms with Gasteiger partial charge in [0.25, 0.3) is 0 Å². The number of carbonyl (C=O) groups is 1. The van der Waals surface area contributed by atoms with Gasteiger partial charge in [-0.25, -0.2) is 4.79 Å². The molecule has 0 aromatic heterocycles. The van der Waals surface area contributed by atoms with Gasteiger partial charge >= 0.3 is 5.97 Å². The van der Waals surface area contributed by atoms with Crippen molar-refractivity contribution in [2.24, 2.45) is 5.92 Å². The standard InChI is InChI=1S/C14H20N2O3/c1-8(2)12-7-16(9(3)14(17)18)13-10(15)5-4-6-11(13)19-12/h4-6,8-9,12H,7,15H2,1-3H3,(H,17,18). The number of carboxylic acid groups (broad SMARTS) is 1. The Morgan fingerprint density at radius 3 is 2.74 bits per heavy atom. The Hall–Kier alpha value is -1.91. The lowest BCUT2D eigenvalue weighted by Gasteiger charge is -2.40. The van der Waals surface area contributed by atoms with Gasteiger partial charge in [0.2, 0.25) is 0 Å². The zero-order valence-corrected chi connectivity index (χ0v) is 11.5. The number of aliphatic carboxylic acids is 1. The first-order valence-corrected chi connectivity index (χ1v) is 6.46. The topological polar surface area (TPSA) is 75.8 Å². The number of benzene rings is 1. The summed E-state index contributed by atoms with van der Waals surface area (Å²) < 4.78 is 5.92. The third kappa shape index (κ3) is 2.45. The summed E-state index contributed by atoms with van der Waals surface area (Å²) in [5.74, 6) is 0.106. The van der Waals surface area contributed by atoms with E-state index in [9.17, 15) is 9.90 Å². The van der Waals surface area contributed by atoms with E-state index in [0.717, 1.165) is 0 Å². The highest BCUT2D eigenvalue weighted by molar-refractivity contribution is 5.84. The Morgan fingerprint density at radius 2 is 2.16 bits per heavy atom. The van der Waals surface area contributed by atoms with Gasteiger partial charge in [-0.2, -0.15) is 0 Å². The molecule has 2 atom stereocenters. The number of carboxylic acids is 1. The van der Waals surface area contributed by atoms with E-state index in [1.807, 2.05) is 17.0 Å². The molecule has 1 aromatic carbocycles. The molecule has 3 N–H and O–H groups in total. The second-order valence-corrected chi connectivity index (χ2v) is 5.26. The molecule has 0 fully saturated rings. The third-order valence-electron chi connectivity index (χ3n) is 3.54. The summed E-state index contributed by atoms with van der Waals surface area (Å²) in [6.45, 7) is 6.32. The number of nitrogen functional groups attached to an aromatic ring is 1. The van der Waals surface area contributed by atoms with Crippen LogP contribution in [0.15, 0.2) is 18.2 Å². The number of nitrogens with zero attached hydrogens (tertiary/aromatic N) is 1. The maximum atomic E-state index is 11.3. The van der Waals surface area contributed by atoms with Gasteiger partial charge < -0.3 is 20.5 Å². The Bertz CT molecular complexity index is 488. The number of rotatable bonds is 3. The SMILES string of the molecule is CC(C)C1CN(C(C)C(=O)O)c2c(N)cccc2O1. The molecular formula is C14H20N2O3. The Kier molecular flexibility index (Phi) is 3.55. The van der Waals surface area contributed by atoms with Gasteiger partial charge in [-0.15, -0.1) is 0 Å². The number of anilines is 2. The van der Waals surface area contributed by atoms with Gasteiger partial charge in [0, 0.05) is 0 Å². The molecule has 0 amide bonds. The van der Waals surface area contributed by atoms with Crippen molar-refractivity contribution in [1.82, 2.24) is 0 Å². The van der Waals surface area contributed by atoms with Crippen molar-refractivity contribution >= 4 is 17.3 Å². The van der Waals surface area contributed by atoms with E-state index >= 15 is 0 Å². The molecule has 1 aromatic rings. The molecule has 0 saturated carbocycles. The van der Waals surface area contributed by atoms with Crippen molar-refractivity contribution in [3.63, 3.8) is 0 Å². The molecule has 0 bridgehead atoms. The molecule has 0 spiro atoms. The third-order valence-corrected chi connectivity index (χ3v) is 3.54. The van der Waals surface area contributed by atoms with E-state index in [-0.39, 0.29) is 6.10 Å². The van der Waals surface area contributed by atoms with Crippen LogP contribution in [0.1, 0.15) is 20.8 Å². The fraction of sp³-hybridized carbons (Fsp3) is 0.500. The average molecular weight is 264 g/mol. The van der Waals surface area contributed by atoms with Crippen LogP contribution in [-0.2, 0) is 4.79 Å². The normalized spacial score (nSPS) is 19.8. The minimum absolute atomic E-state index is 0.0314. The highest BCUT2D eigenvalue weighted by Crippen LogP contribution is 2.40. The van der Waals surface area contributed by atoms with Gasteiger partial charge in [0.15, 0.2) is 0 Å². The molecule has 0 radical (unpaired) electrons. The number of fused-ring (bicyclic) bond motifs is 1. The van der Waals surface area contributed by atoms with E-state index in [0.29, 0.717) is 29.6 Å². The van der Waals surface area contributed by atoms with Crippen LogP contribution in [-0.4, -0.2) is 29.8 Å². The second-order valence-electron chi connectivity index (χ2n) is 5.26. The molecule has 1 aliphatic heterocycles. The van der Waals surface area contributed by atoms with Crippen molar-refractivity contribution in [3.8, 4) is 5.75 Å². The van der Waals surface area contributed by atoms with Crippen LogP contribution in [0, 0.1) is 5.92 Å². The molecule has 5 nitrogen and oxygen atoms in total. The second kappa shape index (κ2) is 4.99. The molecule has 2 unspecified atom stereocenters. The number of hydrogen-bond donors (Lipinski definition) is 2. The van der Waals surface area contributed by atoms with Crippen LogP contribution in [0.3, 0.4) is 0 Å². The van der Waals surface area contributed by atoms with Crippen molar-refractivity contribution in [3.05, 3.63) is 18.2 Å². The predicted molar refractivity (Wildman–Crippen MR) is 74.6 cm³/mol. The fourth-order valence-electron chi connectivity index (χ4n) is 2.26. The van der Waals surface area contributed by atoms with Crippen LogP contribution in [0.2, 0.25) is 0 Å². The van der Waals surface area contributed by atoms with Crippen molar-refractivity contribution in [2.75, 3.05) is 17.2 Å². The largest absolute Gasteiger partial charge is 0.486 e. The van der Waals surface area contributed by atoms with Crippen LogP contribution in [0.5, 0.6) is 5.75 Å². The number of nitrogens with two attached hydrogens (primary N) is 1. The first-order chi connectivity index (χ1) is 8.91. The molecule has 0 saturated heterocycles. The van der Waals surface area contributed by atoms with E-state index in [1.54, 1.807) is 13.0 Å². The van der Waals surface area contributed by atoms with Crippen molar-refractivity contribution < 1.29 is 14.6 Å². The lowest BCUT2D eigenvalue weighted by Crippen LogP contribution is -2.49. The highest BCUT2D eigenvalue weighted by Gasteiger charge is 2.34. The summed E-state index contributed by atoms with van der Waals surface area (Å²) in [7, 11) is 0. The molecule has 19 heavy (non-hydrogen) atoms. The molecular weight excluding hydrogens is 244 g/mol. The van der Waals surface area contributed by atoms with Gasteiger partial charge in [-0.05, 0) is 25.0 Å². The summed E-state index contributed by atoms with van der Waals surface area (Å²) in [6, 6.07) is 4.79. The molecule has 0 aliphatic carbocycles. The lowest BCUT2D eigenvalue weighted by atomic mass is 10.0.